The summed E-state index contributed by atoms with van der Waals surface area (Å²) in [5, 5.41) is 3.04. The van der Waals surface area contributed by atoms with E-state index in [-0.39, 0.29) is 18.2 Å². The Morgan fingerprint density at radius 3 is 2.68 bits per heavy atom. The molecule has 0 atom stereocenters. The van der Waals surface area contributed by atoms with Gasteiger partial charge in [0, 0.05) is 19.3 Å². The van der Waals surface area contributed by atoms with Gasteiger partial charge in [-0.3, -0.25) is 20.2 Å². The Balaban J connectivity index is 1.68. The van der Waals surface area contributed by atoms with Gasteiger partial charge in [0.2, 0.25) is 0 Å². The normalized spacial score (nSPS) is 23.9. The monoisotopic (exact) mass is 385 g/mol. The molecule has 1 spiro atoms. The number of amides is 3. The van der Waals surface area contributed by atoms with Gasteiger partial charge in [0.1, 0.15) is 11.4 Å². The number of likely N-dealkylation sites (tertiary alicyclic amines) is 1. The summed E-state index contributed by atoms with van der Waals surface area (Å²) >= 11 is 0. The van der Waals surface area contributed by atoms with Crippen molar-refractivity contribution in [1.82, 2.24) is 15.2 Å². The molecule has 8 nitrogen and oxygen atoms in total. The molecule has 3 aliphatic rings. The number of nitrogens with zero attached hydrogens (tertiary/aromatic N) is 4. The zero-order valence-corrected chi connectivity index (χ0v) is 16.3. The Labute approximate surface area is 165 Å². The largest absolute Gasteiger partial charge is 0.453 e. The van der Waals surface area contributed by atoms with Gasteiger partial charge in [0.25, 0.3) is 0 Å². The summed E-state index contributed by atoms with van der Waals surface area (Å²) in [6, 6.07) is 3.81. The molecule has 3 amide bonds. The van der Waals surface area contributed by atoms with Crippen LogP contribution in [-0.4, -0.2) is 59.6 Å². The van der Waals surface area contributed by atoms with Crippen molar-refractivity contribution >= 4 is 23.6 Å². The summed E-state index contributed by atoms with van der Waals surface area (Å²) < 4.78 is 4.87. The lowest BCUT2D eigenvalue weighted by atomic mass is 9.85. The predicted molar refractivity (Wildman–Crippen MR) is 105 cm³/mol. The molecule has 0 bridgehead atoms. The van der Waals surface area contributed by atoms with Gasteiger partial charge >= 0.3 is 12.1 Å². The van der Waals surface area contributed by atoms with Crippen LogP contribution in [0, 0.1) is 0 Å². The first-order chi connectivity index (χ1) is 13.6. The fourth-order valence-corrected chi connectivity index (χ4v) is 4.62. The van der Waals surface area contributed by atoms with Crippen molar-refractivity contribution in [1.29, 1.82) is 0 Å². The Morgan fingerprint density at radius 1 is 1.29 bits per heavy atom. The molecule has 3 heterocycles. The summed E-state index contributed by atoms with van der Waals surface area (Å²) in [5.41, 5.74) is 0.183. The van der Waals surface area contributed by atoms with Crippen LogP contribution in [0.25, 0.3) is 0 Å². The standard InChI is InChI=1S/C20H27N5O3/c1-28-19(27)24-12-9-20(10-13-24)17(22-15-6-3-2-4-7-15)23-18(26)25(20)16-8-5-11-21-14-16/h5,8,11,14-15H,2-4,6-7,9-10,12-13H2,1H3,(H,22,23,26). The number of ether oxygens (including phenoxy) is 1. The molecule has 1 saturated carbocycles. The molecule has 28 heavy (non-hydrogen) atoms. The summed E-state index contributed by atoms with van der Waals surface area (Å²) in [6.07, 6.45) is 10.1. The van der Waals surface area contributed by atoms with Gasteiger partial charge in [-0.25, -0.2) is 9.59 Å². The fraction of sp³-hybridized carbons (Fsp3) is 0.600. The maximum Gasteiger partial charge on any atom is 0.409 e. The molecule has 2 aliphatic heterocycles. The molecule has 0 aromatic carbocycles. The highest BCUT2D eigenvalue weighted by molar-refractivity contribution is 6.19. The van der Waals surface area contributed by atoms with Crippen molar-refractivity contribution in [3.05, 3.63) is 24.5 Å². The lowest BCUT2D eigenvalue weighted by Crippen LogP contribution is -2.58. The molecule has 4 rings (SSSR count). The third-order valence-corrected chi connectivity index (χ3v) is 6.11. The molecule has 8 heteroatoms. The van der Waals surface area contributed by atoms with Gasteiger partial charge in [-0.1, -0.05) is 19.3 Å². The number of aliphatic imine (C=N–C) groups is 1. The SMILES string of the molecule is COC(=O)N1CCC2(CC1)C(=NC1CCCCC1)NC(=O)N2c1cccnc1. The van der Waals surface area contributed by atoms with Gasteiger partial charge in [-0.05, 0) is 37.8 Å². The first-order valence-electron chi connectivity index (χ1n) is 10.1. The molecule has 0 unspecified atom stereocenters. The minimum absolute atomic E-state index is 0.172. The van der Waals surface area contributed by atoms with Crippen molar-refractivity contribution in [2.75, 3.05) is 25.1 Å². The van der Waals surface area contributed by atoms with E-state index in [0.29, 0.717) is 25.9 Å². The van der Waals surface area contributed by atoms with Gasteiger partial charge in [-0.2, -0.15) is 0 Å². The smallest absolute Gasteiger partial charge is 0.409 e. The Hall–Kier alpha value is -2.64. The minimum atomic E-state index is -0.567. The number of piperidine rings is 1. The van der Waals surface area contributed by atoms with Crippen LogP contribution in [0.1, 0.15) is 44.9 Å². The number of anilines is 1. The number of carbonyl (C=O) groups is 2. The predicted octanol–water partition coefficient (Wildman–Crippen LogP) is 2.94. The van der Waals surface area contributed by atoms with Crippen LogP contribution in [0.3, 0.4) is 0 Å². The third-order valence-electron chi connectivity index (χ3n) is 6.11. The van der Waals surface area contributed by atoms with E-state index in [4.69, 9.17) is 9.73 Å². The minimum Gasteiger partial charge on any atom is -0.453 e. The van der Waals surface area contributed by atoms with Crippen molar-refractivity contribution < 1.29 is 14.3 Å². The highest BCUT2D eigenvalue weighted by Crippen LogP contribution is 2.38. The number of hydrogen-bond donors (Lipinski definition) is 1. The maximum atomic E-state index is 13.0. The Morgan fingerprint density at radius 2 is 2.04 bits per heavy atom. The molecule has 1 aromatic heterocycles. The lowest BCUT2D eigenvalue weighted by molar-refractivity contribution is 0.108. The first kappa shape index (κ1) is 18.7. The van der Waals surface area contributed by atoms with E-state index >= 15 is 0 Å². The number of aromatic nitrogens is 1. The average molecular weight is 385 g/mol. The van der Waals surface area contributed by atoms with Crippen molar-refractivity contribution in [3.8, 4) is 0 Å². The van der Waals surface area contributed by atoms with Crippen LogP contribution in [0.15, 0.2) is 29.5 Å². The second kappa shape index (κ2) is 7.77. The number of methoxy groups -OCH3 is 1. The van der Waals surface area contributed by atoms with E-state index < -0.39 is 5.54 Å². The number of carbonyl (C=O) groups excluding carboxylic acids is 2. The molecule has 2 saturated heterocycles. The van der Waals surface area contributed by atoms with Crippen LogP contribution in [0.2, 0.25) is 0 Å². The van der Waals surface area contributed by atoms with E-state index in [1.807, 2.05) is 12.1 Å². The van der Waals surface area contributed by atoms with E-state index in [2.05, 4.69) is 10.3 Å². The molecule has 1 N–H and O–H groups in total. The fourth-order valence-electron chi connectivity index (χ4n) is 4.62. The van der Waals surface area contributed by atoms with E-state index in [1.165, 1.54) is 26.4 Å². The van der Waals surface area contributed by atoms with Gasteiger partial charge < -0.3 is 9.64 Å². The summed E-state index contributed by atoms with van der Waals surface area (Å²) in [4.78, 5) is 37.6. The van der Waals surface area contributed by atoms with E-state index in [0.717, 1.165) is 24.4 Å². The molecular weight excluding hydrogens is 358 g/mol. The second-order valence-corrected chi connectivity index (χ2v) is 7.73. The number of hydrogen-bond acceptors (Lipinski definition) is 5. The number of amidine groups is 1. The van der Waals surface area contributed by atoms with Gasteiger partial charge in [-0.15, -0.1) is 0 Å². The van der Waals surface area contributed by atoms with Gasteiger partial charge in [0.15, 0.2) is 0 Å². The van der Waals surface area contributed by atoms with Crippen LogP contribution < -0.4 is 10.2 Å². The molecule has 3 fully saturated rings. The zero-order chi connectivity index (χ0) is 19.6. The number of nitrogens with one attached hydrogen (secondary N) is 1. The summed E-state index contributed by atoms with van der Waals surface area (Å²) in [5.74, 6) is 0.748. The topological polar surface area (TPSA) is 87.1 Å². The van der Waals surface area contributed by atoms with Crippen molar-refractivity contribution in [2.24, 2.45) is 4.99 Å². The second-order valence-electron chi connectivity index (χ2n) is 7.73. The summed E-state index contributed by atoms with van der Waals surface area (Å²) in [6.45, 7) is 1.03. The Bertz CT molecular complexity index is 752. The van der Waals surface area contributed by atoms with Crippen LogP contribution in [0.5, 0.6) is 0 Å². The number of urea groups is 1. The maximum absolute atomic E-state index is 13.0. The van der Waals surface area contributed by atoms with Crippen LogP contribution in [0.4, 0.5) is 15.3 Å². The van der Waals surface area contributed by atoms with Gasteiger partial charge in [0.05, 0.1) is 25.0 Å². The molecular formula is C20H27N5O3. The highest BCUT2D eigenvalue weighted by Gasteiger charge is 2.53. The molecule has 150 valence electrons. The molecule has 0 radical (unpaired) electrons. The average Bonchev–Trinajstić information content (AvgIpc) is 3.00. The number of pyridine rings is 1. The van der Waals surface area contributed by atoms with Crippen molar-refractivity contribution in [3.63, 3.8) is 0 Å². The Kier molecular flexibility index (Phi) is 5.19. The zero-order valence-electron chi connectivity index (χ0n) is 16.3. The van der Waals surface area contributed by atoms with Crippen molar-refractivity contribution in [2.45, 2.75) is 56.5 Å². The van der Waals surface area contributed by atoms with Crippen LogP contribution >= 0.6 is 0 Å². The van der Waals surface area contributed by atoms with E-state index in [9.17, 15) is 9.59 Å². The number of rotatable bonds is 2. The lowest BCUT2D eigenvalue weighted by Gasteiger charge is -2.43. The molecule has 1 aliphatic carbocycles. The first-order valence-corrected chi connectivity index (χ1v) is 10.1. The quantitative estimate of drug-likeness (QED) is 0.848. The highest BCUT2D eigenvalue weighted by atomic mass is 16.5. The van der Waals surface area contributed by atoms with Crippen LogP contribution in [-0.2, 0) is 4.74 Å². The molecule has 1 aromatic rings. The summed E-state index contributed by atoms with van der Waals surface area (Å²) in [7, 11) is 1.39. The third kappa shape index (κ3) is 3.31. The van der Waals surface area contributed by atoms with E-state index in [1.54, 1.807) is 22.2 Å².